The number of Topliss-reactive ketones (excluding diaryl/α,β-unsaturated/α-hetero) is 1. The number of hydrogen-bond donors (Lipinski definition) is 1. The topological polar surface area (TPSA) is 46.5 Å². The van der Waals surface area contributed by atoms with Crippen molar-refractivity contribution in [3.8, 4) is 11.5 Å². The SMILES string of the molecule is COc1ccc2c(c1)CCC(=Cc1ccc(O)c(Cl)c1)C2=O. The van der Waals surface area contributed by atoms with Crippen LogP contribution in [-0.2, 0) is 6.42 Å². The average molecular weight is 315 g/mol. The van der Waals surface area contributed by atoms with Crippen molar-refractivity contribution in [1.29, 1.82) is 0 Å². The number of hydrogen-bond acceptors (Lipinski definition) is 3. The molecule has 22 heavy (non-hydrogen) atoms. The summed E-state index contributed by atoms with van der Waals surface area (Å²) in [5.41, 5.74) is 3.30. The first-order valence-corrected chi connectivity index (χ1v) is 7.37. The second-order valence-corrected chi connectivity index (χ2v) is 5.64. The van der Waals surface area contributed by atoms with E-state index in [9.17, 15) is 9.90 Å². The number of aryl methyl sites for hydroxylation is 1. The molecule has 0 radical (unpaired) electrons. The fourth-order valence-corrected chi connectivity index (χ4v) is 2.82. The van der Waals surface area contributed by atoms with Crippen molar-refractivity contribution in [2.45, 2.75) is 12.8 Å². The number of phenols is 1. The van der Waals surface area contributed by atoms with Gasteiger partial charge in [-0.05, 0) is 60.4 Å². The molecule has 1 aliphatic rings. The van der Waals surface area contributed by atoms with E-state index in [4.69, 9.17) is 16.3 Å². The maximum absolute atomic E-state index is 12.6. The Balaban J connectivity index is 1.95. The molecule has 0 spiro atoms. The first-order chi connectivity index (χ1) is 10.6. The fourth-order valence-electron chi connectivity index (χ4n) is 2.63. The molecule has 3 rings (SSSR count). The lowest BCUT2D eigenvalue weighted by atomic mass is 9.86. The summed E-state index contributed by atoms with van der Waals surface area (Å²) in [5, 5.41) is 9.73. The van der Waals surface area contributed by atoms with Gasteiger partial charge in [-0.3, -0.25) is 4.79 Å². The fraction of sp³-hybridized carbons (Fsp3) is 0.167. The first kappa shape index (κ1) is 14.7. The number of aromatic hydroxyl groups is 1. The molecule has 4 heteroatoms. The van der Waals surface area contributed by atoms with E-state index < -0.39 is 0 Å². The molecule has 0 aliphatic heterocycles. The van der Waals surface area contributed by atoms with Gasteiger partial charge in [-0.1, -0.05) is 17.7 Å². The van der Waals surface area contributed by atoms with Crippen molar-refractivity contribution in [2.24, 2.45) is 0 Å². The molecule has 0 aromatic heterocycles. The maximum atomic E-state index is 12.6. The smallest absolute Gasteiger partial charge is 0.189 e. The minimum absolute atomic E-state index is 0.0353. The van der Waals surface area contributed by atoms with E-state index in [2.05, 4.69) is 0 Å². The molecule has 0 unspecified atom stereocenters. The predicted octanol–water partition coefficient (Wildman–Crippen LogP) is 4.27. The lowest BCUT2D eigenvalue weighted by Crippen LogP contribution is -2.14. The van der Waals surface area contributed by atoms with Crippen LogP contribution in [-0.4, -0.2) is 18.0 Å². The van der Waals surface area contributed by atoms with Gasteiger partial charge in [0.1, 0.15) is 11.5 Å². The molecule has 1 N–H and O–H groups in total. The molecular weight excluding hydrogens is 300 g/mol. The van der Waals surface area contributed by atoms with Gasteiger partial charge in [0.05, 0.1) is 12.1 Å². The molecule has 3 nitrogen and oxygen atoms in total. The standard InChI is InChI=1S/C18H15ClO3/c1-22-14-5-6-15-12(10-14)3-4-13(18(15)21)8-11-2-7-17(20)16(19)9-11/h2,5-10,20H,3-4H2,1H3. The summed E-state index contributed by atoms with van der Waals surface area (Å²) in [5.74, 6) is 0.841. The number of methoxy groups -OCH3 is 1. The number of benzene rings is 2. The van der Waals surface area contributed by atoms with Crippen molar-refractivity contribution in [3.05, 3.63) is 63.7 Å². The average Bonchev–Trinajstić information content (AvgIpc) is 2.53. The zero-order valence-electron chi connectivity index (χ0n) is 12.1. The molecule has 0 saturated carbocycles. The molecular formula is C18H15ClO3. The van der Waals surface area contributed by atoms with Crippen LogP contribution in [0, 0.1) is 0 Å². The Bertz CT molecular complexity index is 778. The number of carbonyl (C=O) groups is 1. The largest absolute Gasteiger partial charge is 0.506 e. The minimum Gasteiger partial charge on any atom is -0.506 e. The zero-order chi connectivity index (χ0) is 15.7. The summed E-state index contributed by atoms with van der Waals surface area (Å²) in [6.45, 7) is 0. The van der Waals surface area contributed by atoms with Crippen molar-refractivity contribution in [3.63, 3.8) is 0 Å². The van der Waals surface area contributed by atoms with E-state index in [0.29, 0.717) is 6.42 Å². The van der Waals surface area contributed by atoms with Gasteiger partial charge in [0, 0.05) is 11.1 Å². The highest BCUT2D eigenvalue weighted by Crippen LogP contribution is 2.30. The van der Waals surface area contributed by atoms with Crippen LogP contribution >= 0.6 is 11.6 Å². The van der Waals surface area contributed by atoms with Gasteiger partial charge < -0.3 is 9.84 Å². The zero-order valence-corrected chi connectivity index (χ0v) is 12.9. The van der Waals surface area contributed by atoms with Crippen LogP contribution in [0.3, 0.4) is 0 Å². The highest BCUT2D eigenvalue weighted by Gasteiger charge is 2.22. The van der Waals surface area contributed by atoms with E-state index in [0.717, 1.165) is 34.4 Å². The van der Waals surface area contributed by atoms with Crippen molar-refractivity contribution >= 4 is 23.5 Å². The Morgan fingerprint density at radius 2 is 2.00 bits per heavy atom. The Labute approximate surface area is 133 Å². The lowest BCUT2D eigenvalue weighted by molar-refractivity contribution is 0.102. The molecule has 0 fully saturated rings. The second kappa shape index (κ2) is 5.85. The van der Waals surface area contributed by atoms with E-state index in [1.165, 1.54) is 6.07 Å². The Kier molecular flexibility index (Phi) is 3.90. The third-order valence-corrected chi connectivity index (χ3v) is 4.13. The van der Waals surface area contributed by atoms with Crippen LogP contribution in [0.15, 0.2) is 42.0 Å². The van der Waals surface area contributed by atoms with Crippen molar-refractivity contribution in [1.82, 2.24) is 0 Å². The number of fused-ring (bicyclic) bond motifs is 1. The summed E-state index contributed by atoms with van der Waals surface area (Å²) in [7, 11) is 1.62. The molecule has 0 saturated heterocycles. The van der Waals surface area contributed by atoms with E-state index in [1.54, 1.807) is 25.3 Å². The summed E-state index contributed by atoms with van der Waals surface area (Å²) in [6, 6.07) is 10.5. The lowest BCUT2D eigenvalue weighted by Gasteiger charge is -2.18. The van der Waals surface area contributed by atoms with Gasteiger partial charge in [0.25, 0.3) is 0 Å². The summed E-state index contributed by atoms with van der Waals surface area (Å²) in [4.78, 5) is 12.6. The van der Waals surface area contributed by atoms with E-state index >= 15 is 0 Å². The summed E-state index contributed by atoms with van der Waals surface area (Å²) < 4.78 is 5.20. The minimum atomic E-state index is 0.0353. The first-order valence-electron chi connectivity index (χ1n) is 6.99. The van der Waals surface area contributed by atoms with Crippen LogP contribution in [0.4, 0.5) is 0 Å². The maximum Gasteiger partial charge on any atom is 0.189 e. The number of allylic oxidation sites excluding steroid dienone is 1. The van der Waals surface area contributed by atoms with Gasteiger partial charge in [0.2, 0.25) is 0 Å². The van der Waals surface area contributed by atoms with Crippen LogP contribution in [0.5, 0.6) is 11.5 Å². The normalized spacial score (nSPS) is 15.7. The number of carbonyl (C=O) groups excluding carboxylic acids is 1. The number of ketones is 1. The molecule has 2 aromatic rings. The molecule has 0 amide bonds. The quantitative estimate of drug-likeness (QED) is 0.842. The second-order valence-electron chi connectivity index (χ2n) is 5.23. The van der Waals surface area contributed by atoms with Gasteiger partial charge in [-0.2, -0.15) is 0 Å². The van der Waals surface area contributed by atoms with Gasteiger partial charge in [-0.25, -0.2) is 0 Å². The van der Waals surface area contributed by atoms with E-state index in [1.807, 2.05) is 18.2 Å². The van der Waals surface area contributed by atoms with Crippen LogP contribution < -0.4 is 4.74 Å². The molecule has 112 valence electrons. The Morgan fingerprint density at radius 3 is 2.73 bits per heavy atom. The number of ether oxygens (including phenoxy) is 1. The highest BCUT2D eigenvalue weighted by molar-refractivity contribution is 6.32. The van der Waals surface area contributed by atoms with Crippen molar-refractivity contribution in [2.75, 3.05) is 7.11 Å². The highest BCUT2D eigenvalue weighted by atomic mass is 35.5. The molecule has 0 bridgehead atoms. The van der Waals surface area contributed by atoms with Gasteiger partial charge in [-0.15, -0.1) is 0 Å². The third kappa shape index (κ3) is 2.72. The van der Waals surface area contributed by atoms with E-state index in [-0.39, 0.29) is 16.6 Å². The van der Waals surface area contributed by atoms with Crippen LogP contribution in [0.25, 0.3) is 6.08 Å². The monoisotopic (exact) mass is 314 g/mol. The molecule has 0 atom stereocenters. The molecule has 0 heterocycles. The third-order valence-electron chi connectivity index (χ3n) is 3.82. The van der Waals surface area contributed by atoms with Crippen LogP contribution in [0.1, 0.15) is 27.9 Å². The summed E-state index contributed by atoms with van der Waals surface area (Å²) in [6.07, 6.45) is 3.31. The van der Waals surface area contributed by atoms with Gasteiger partial charge >= 0.3 is 0 Å². The molecule has 1 aliphatic carbocycles. The van der Waals surface area contributed by atoms with Crippen molar-refractivity contribution < 1.29 is 14.6 Å². The predicted molar refractivity (Wildman–Crippen MR) is 86.7 cm³/mol. The number of phenolic OH excluding ortho intramolecular Hbond substituents is 1. The number of halogens is 1. The van der Waals surface area contributed by atoms with Crippen LogP contribution in [0.2, 0.25) is 5.02 Å². The molecule has 2 aromatic carbocycles. The van der Waals surface area contributed by atoms with Gasteiger partial charge in [0.15, 0.2) is 5.78 Å². The number of rotatable bonds is 2. The Hall–Kier alpha value is -2.26. The summed E-state index contributed by atoms with van der Waals surface area (Å²) >= 11 is 5.90. The Morgan fingerprint density at radius 1 is 1.18 bits per heavy atom.